The van der Waals surface area contributed by atoms with E-state index < -0.39 is 0 Å². The zero-order valence-electron chi connectivity index (χ0n) is 10.7. The van der Waals surface area contributed by atoms with Gasteiger partial charge in [-0.15, -0.1) is 0 Å². The Labute approximate surface area is 107 Å². The molecule has 0 spiro atoms. The first-order chi connectivity index (χ1) is 8.71. The number of ether oxygens (including phenoxy) is 1. The van der Waals surface area contributed by atoms with Gasteiger partial charge in [0.1, 0.15) is 11.6 Å². The van der Waals surface area contributed by atoms with Crippen LogP contribution in [0.15, 0.2) is 18.2 Å². The van der Waals surface area contributed by atoms with Gasteiger partial charge in [-0.05, 0) is 25.0 Å². The molecule has 18 heavy (non-hydrogen) atoms. The number of aromatic nitrogens is 2. The molecule has 3 N–H and O–H groups in total. The van der Waals surface area contributed by atoms with Crippen molar-refractivity contribution in [3.05, 3.63) is 24.0 Å². The molecule has 0 saturated heterocycles. The zero-order valence-corrected chi connectivity index (χ0v) is 10.7. The highest BCUT2D eigenvalue weighted by molar-refractivity contribution is 5.77. The smallest absolute Gasteiger partial charge is 0.127 e. The fourth-order valence-electron chi connectivity index (χ4n) is 2.77. The second-order valence-corrected chi connectivity index (χ2v) is 5.19. The number of rotatable bonds is 2. The van der Waals surface area contributed by atoms with E-state index in [1.165, 1.54) is 19.3 Å². The number of nitrogens with zero attached hydrogens (tertiary/aromatic N) is 1. The second-order valence-electron chi connectivity index (χ2n) is 5.19. The Morgan fingerprint density at radius 2 is 2.06 bits per heavy atom. The van der Waals surface area contributed by atoms with Crippen LogP contribution in [0.5, 0.6) is 5.75 Å². The highest BCUT2D eigenvalue weighted by Gasteiger charge is 2.32. The molecule has 0 atom stereocenters. The van der Waals surface area contributed by atoms with Gasteiger partial charge in [0.2, 0.25) is 0 Å². The van der Waals surface area contributed by atoms with E-state index in [2.05, 4.69) is 9.97 Å². The first-order valence-electron chi connectivity index (χ1n) is 6.54. The molecule has 4 heteroatoms. The molecule has 0 bridgehead atoms. The molecule has 2 aromatic rings. The lowest BCUT2D eigenvalue weighted by Gasteiger charge is -2.31. The van der Waals surface area contributed by atoms with Gasteiger partial charge in [-0.25, -0.2) is 4.98 Å². The highest BCUT2D eigenvalue weighted by atomic mass is 16.5. The number of imidazole rings is 1. The summed E-state index contributed by atoms with van der Waals surface area (Å²) >= 11 is 0. The Kier molecular flexibility index (Phi) is 2.74. The first-order valence-corrected chi connectivity index (χ1v) is 6.54. The summed E-state index contributed by atoms with van der Waals surface area (Å²) in [5.41, 5.74) is 8.18. The molecule has 1 saturated carbocycles. The lowest BCUT2D eigenvalue weighted by molar-refractivity contribution is 0.289. The van der Waals surface area contributed by atoms with E-state index in [0.29, 0.717) is 0 Å². The zero-order chi connectivity index (χ0) is 12.6. The van der Waals surface area contributed by atoms with Gasteiger partial charge in [0.05, 0.1) is 23.7 Å². The van der Waals surface area contributed by atoms with Crippen LogP contribution < -0.4 is 10.5 Å². The summed E-state index contributed by atoms with van der Waals surface area (Å²) in [7, 11) is 1.67. The minimum Gasteiger partial charge on any atom is -0.497 e. The Morgan fingerprint density at radius 1 is 1.28 bits per heavy atom. The number of hydrogen-bond acceptors (Lipinski definition) is 3. The maximum Gasteiger partial charge on any atom is 0.127 e. The molecular formula is C14H19N3O. The van der Waals surface area contributed by atoms with Crippen molar-refractivity contribution < 1.29 is 4.74 Å². The Bertz CT molecular complexity index is 555. The SMILES string of the molecule is COc1ccc2nc(C3(N)CCCCC3)[nH]c2c1. The van der Waals surface area contributed by atoms with Crippen molar-refractivity contribution in [1.82, 2.24) is 9.97 Å². The minimum atomic E-state index is -0.273. The number of methoxy groups -OCH3 is 1. The van der Waals surface area contributed by atoms with Crippen molar-refractivity contribution in [3.8, 4) is 5.75 Å². The Morgan fingerprint density at radius 3 is 2.78 bits per heavy atom. The third kappa shape index (κ3) is 1.86. The fourth-order valence-corrected chi connectivity index (χ4v) is 2.77. The number of H-pyrrole nitrogens is 1. The molecule has 4 nitrogen and oxygen atoms in total. The average Bonchev–Trinajstić information content (AvgIpc) is 2.83. The van der Waals surface area contributed by atoms with Crippen LogP contribution in [0.4, 0.5) is 0 Å². The maximum atomic E-state index is 6.49. The van der Waals surface area contributed by atoms with E-state index >= 15 is 0 Å². The summed E-state index contributed by atoms with van der Waals surface area (Å²) < 4.78 is 5.22. The van der Waals surface area contributed by atoms with Gasteiger partial charge in [-0.3, -0.25) is 0 Å². The number of nitrogens with one attached hydrogen (secondary N) is 1. The average molecular weight is 245 g/mol. The normalized spacial score (nSPS) is 19.0. The summed E-state index contributed by atoms with van der Waals surface area (Å²) in [5, 5.41) is 0. The van der Waals surface area contributed by atoms with Gasteiger partial charge in [-0.1, -0.05) is 19.3 Å². The van der Waals surface area contributed by atoms with E-state index in [4.69, 9.17) is 10.5 Å². The maximum absolute atomic E-state index is 6.49. The van der Waals surface area contributed by atoms with Crippen LogP contribution >= 0.6 is 0 Å². The van der Waals surface area contributed by atoms with Gasteiger partial charge in [0, 0.05) is 6.07 Å². The fraction of sp³-hybridized carbons (Fsp3) is 0.500. The second kappa shape index (κ2) is 4.28. The van der Waals surface area contributed by atoms with Gasteiger partial charge >= 0.3 is 0 Å². The Hall–Kier alpha value is -1.55. The van der Waals surface area contributed by atoms with Crippen LogP contribution in [0.25, 0.3) is 11.0 Å². The summed E-state index contributed by atoms with van der Waals surface area (Å²) in [6.45, 7) is 0. The molecule has 3 rings (SSSR count). The van der Waals surface area contributed by atoms with E-state index in [1.54, 1.807) is 7.11 Å². The van der Waals surface area contributed by atoms with Crippen LogP contribution in [0.1, 0.15) is 37.9 Å². The van der Waals surface area contributed by atoms with E-state index in [1.807, 2.05) is 18.2 Å². The molecule has 1 aromatic heterocycles. The lowest BCUT2D eigenvalue weighted by Crippen LogP contribution is -2.39. The molecular weight excluding hydrogens is 226 g/mol. The predicted octanol–water partition coefficient (Wildman–Crippen LogP) is 2.69. The van der Waals surface area contributed by atoms with Crippen molar-refractivity contribution in [2.24, 2.45) is 5.73 Å². The largest absolute Gasteiger partial charge is 0.497 e. The van der Waals surface area contributed by atoms with Crippen molar-refractivity contribution in [2.45, 2.75) is 37.6 Å². The van der Waals surface area contributed by atoms with Crippen molar-refractivity contribution in [3.63, 3.8) is 0 Å². The van der Waals surface area contributed by atoms with Crippen LogP contribution in [0.2, 0.25) is 0 Å². The van der Waals surface area contributed by atoms with Crippen molar-refractivity contribution >= 4 is 11.0 Å². The molecule has 0 unspecified atom stereocenters. The standard InChI is InChI=1S/C14H19N3O/c1-18-10-5-6-11-12(9-10)17-13(16-11)14(15)7-3-2-4-8-14/h5-6,9H,2-4,7-8,15H2,1H3,(H,16,17). The van der Waals surface area contributed by atoms with E-state index in [0.717, 1.165) is 35.4 Å². The highest BCUT2D eigenvalue weighted by Crippen LogP contribution is 2.34. The topological polar surface area (TPSA) is 63.9 Å². The van der Waals surface area contributed by atoms with Crippen LogP contribution in [-0.2, 0) is 5.54 Å². The molecule has 1 aliphatic rings. The third-order valence-corrected chi connectivity index (χ3v) is 3.91. The number of fused-ring (bicyclic) bond motifs is 1. The van der Waals surface area contributed by atoms with Crippen LogP contribution in [0, 0.1) is 0 Å². The number of hydrogen-bond donors (Lipinski definition) is 2. The molecule has 1 fully saturated rings. The molecule has 1 aromatic carbocycles. The van der Waals surface area contributed by atoms with Gasteiger partial charge in [0.15, 0.2) is 0 Å². The molecule has 96 valence electrons. The summed E-state index contributed by atoms with van der Waals surface area (Å²) in [6, 6.07) is 5.87. The van der Waals surface area contributed by atoms with E-state index in [9.17, 15) is 0 Å². The Balaban J connectivity index is 2.02. The monoisotopic (exact) mass is 245 g/mol. The quantitative estimate of drug-likeness (QED) is 0.855. The van der Waals surface area contributed by atoms with Gasteiger partial charge in [0.25, 0.3) is 0 Å². The minimum absolute atomic E-state index is 0.273. The van der Waals surface area contributed by atoms with Gasteiger partial charge < -0.3 is 15.5 Å². The molecule has 1 heterocycles. The number of benzene rings is 1. The first kappa shape index (κ1) is 11.5. The van der Waals surface area contributed by atoms with Crippen LogP contribution in [0.3, 0.4) is 0 Å². The predicted molar refractivity (Wildman–Crippen MR) is 71.6 cm³/mol. The van der Waals surface area contributed by atoms with Gasteiger partial charge in [-0.2, -0.15) is 0 Å². The number of nitrogens with two attached hydrogens (primary N) is 1. The van der Waals surface area contributed by atoms with Crippen LogP contribution in [-0.4, -0.2) is 17.1 Å². The van der Waals surface area contributed by atoms with E-state index in [-0.39, 0.29) is 5.54 Å². The molecule has 0 aliphatic heterocycles. The lowest BCUT2D eigenvalue weighted by atomic mass is 9.82. The molecule has 1 aliphatic carbocycles. The van der Waals surface area contributed by atoms with Crippen molar-refractivity contribution in [1.29, 1.82) is 0 Å². The molecule has 0 amide bonds. The summed E-state index contributed by atoms with van der Waals surface area (Å²) in [5.74, 6) is 1.76. The summed E-state index contributed by atoms with van der Waals surface area (Å²) in [4.78, 5) is 8.01. The summed E-state index contributed by atoms with van der Waals surface area (Å²) in [6.07, 6.45) is 5.70. The number of aromatic amines is 1. The van der Waals surface area contributed by atoms with Crippen molar-refractivity contribution in [2.75, 3.05) is 7.11 Å². The molecule has 0 radical (unpaired) electrons. The third-order valence-electron chi connectivity index (χ3n) is 3.91.